The molecule has 5 heteroatoms. The molecule has 2 N–H and O–H groups in total. The lowest BCUT2D eigenvalue weighted by atomic mass is 10.1. The fourth-order valence-electron chi connectivity index (χ4n) is 2.83. The van der Waals surface area contributed by atoms with Gasteiger partial charge in [0.2, 0.25) is 0 Å². The lowest BCUT2D eigenvalue weighted by Crippen LogP contribution is -2.42. The van der Waals surface area contributed by atoms with Crippen LogP contribution in [0.3, 0.4) is 0 Å². The number of carbonyl (C=O) groups is 1. The molecule has 0 spiro atoms. The van der Waals surface area contributed by atoms with Gasteiger partial charge in [-0.15, -0.1) is 0 Å². The van der Waals surface area contributed by atoms with Gasteiger partial charge in [0.25, 0.3) is 0 Å². The molecule has 23 heavy (non-hydrogen) atoms. The van der Waals surface area contributed by atoms with Gasteiger partial charge in [0, 0.05) is 18.6 Å². The summed E-state index contributed by atoms with van der Waals surface area (Å²) in [5, 5.41) is 6.39. The van der Waals surface area contributed by atoms with Crippen molar-refractivity contribution < 1.29 is 14.3 Å². The molecule has 0 aromatic heterocycles. The van der Waals surface area contributed by atoms with Gasteiger partial charge in [0.05, 0.1) is 7.11 Å². The Morgan fingerprint density at radius 1 is 1.39 bits per heavy atom. The van der Waals surface area contributed by atoms with Gasteiger partial charge < -0.3 is 20.1 Å². The van der Waals surface area contributed by atoms with Gasteiger partial charge in [-0.05, 0) is 63.8 Å². The highest BCUT2D eigenvalue weighted by molar-refractivity contribution is 5.67. The van der Waals surface area contributed by atoms with Crippen molar-refractivity contribution >= 4 is 6.09 Å². The average molecular weight is 320 g/mol. The van der Waals surface area contributed by atoms with Gasteiger partial charge in [-0.1, -0.05) is 6.07 Å². The summed E-state index contributed by atoms with van der Waals surface area (Å²) in [6.07, 6.45) is 1.77. The van der Waals surface area contributed by atoms with Crippen molar-refractivity contribution in [1.82, 2.24) is 10.6 Å². The largest absolute Gasteiger partial charge is 0.497 e. The molecule has 2 atom stereocenters. The van der Waals surface area contributed by atoms with E-state index in [1.54, 1.807) is 7.11 Å². The van der Waals surface area contributed by atoms with Crippen LogP contribution in [0.25, 0.3) is 0 Å². The summed E-state index contributed by atoms with van der Waals surface area (Å²) in [6.45, 7) is 8.17. The topological polar surface area (TPSA) is 59.6 Å². The van der Waals surface area contributed by atoms with Crippen molar-refractivity contribution in [3.05, 3.63) is 29.3 Å². The number of benzene rings is 1. The first kappa shape index (κ1) is 17.6. The van der Waals surface area contributed by atoms with Crippen LogP contribution in [0.15, 0.2) is 18.2 Å². The van der Waals surface area contributed by atoms with Crippen LogP contribution in [0.5, 0.6) is 5.75 Å². The molecule has 0 bridgehead atoms. The van der Waals surface area contributed by atoms with Gasteiger partial charge in [0.15, 0.2) is 0 Å². The fourth-order valence-corrected chi connectivity index (χ4v) is 2.83. The molecule has 1 aliphatic carbocycles. The third-order valence-electron chi connectivity index (χ3n) is 3.87. The van der Waals surface area contributed by atoms with Crippen molar-refractivity contribution in [3.8, 4) is 5.75 Å². The van der Waals surface area contributed by atoms with Crippen LogP contribution in [0.1, 0.15) is 51.3 Å². The molecule has 0 saturated carbocycles. The van der Waals surface area contributed by atoms with Crippen molar-refractivity contribution in [2.75, 3.05) is 13.7 Å². The van der Waals surface area contributed by atoms with Gasteiger partial charge in [-0.2, -0.15) is 0 Å². The second-order valence-electron chi connectivity index (χ2n) is 7.11. The Bertz CT molecular complexity index is 552. The number of methoxy groups -OCH3 is 1. The zero-order valence-electron chi connectivity index (χ0n) is 14.7. The normalized spacial score (nSPS) is 18.2. The standard InChI is InChI=1S/C18H28N2O3/c1-12(11-19-17(21)23-18(2,3)4)20-16-9-7-13-6-8-14(22-5)10-15(13)16/h6,8,10,12,16,20H,7,9,11H2,1-5H3,(H,19,21). The van der Waals surface area contributed by atoms with Gasteiger partial charge in [-0.3, -0.25) is 0 Å². The molecule has 0 saturated heterocycles. The quantitative estimate of drug-likeness (QED) is 0.875. The fraction of sp³-hybridized carbons (Fsp3) is 0.611. The molecule has 0 aliphatic heterocycles. The molecular weight excluding hydrogens is 292 g/mol. The molecule has 5 nitrogen and oxygen atoms in total. The molecule has 2 rings (SSSR count). The highest BCUT2D eigenvalue weighted by Crippen LogP contribution is 2.33. The van der Waals surface area contributed by atoms with Gasteiger partial charge in [-0.25, -0.2) is 4.79 Å². The Balaban J connectivity index is 1.86. The zero-order valence-corrected chi connectivity index (χ0v) is 14.7. The van der Waals surface area contributed by atoms with E-state index in [4.69, 9.17) is 9.47 Å². The number of nitrogens with one attached hydrogen (secondary N) is 2. The van der Waals surface area contributed by atoms with Crippen LogP contribution >= 0.6 is 0 Å². The highest BCUT2D eigenvalue weighted by Gasteiger charge is 2.24. The van der Waals surface area contributed by atoms with Gasteiger partial charge >= 0.3 is 6.09 Å². The van der Waals surface area contributed by atoms with Gasteiger partial charge in [0.1, 0.15) is 11.4 Å². The third kappa shape index (κ3) is 5.13. The highest BCUT2D eigenvalue weighted by atomic mass is 16.6. The molecule has 0 fully saturated rings. The first-order chi connectivity index (χ1) is 10.8. The number of alkyl carbamates (subject to hydrolysis) is 1. The summed E-state index contributed by atoms with van der Waals surface area (Å²) < 4.78 is 10.6. The Labute approximate surface area is 138 Å². The van der Waals surface area contributed by atoms with Crippen LogP contribution in [0, 0.1) is 0 Å². The average Bonchev–Trinajstić information content (AvgIpc) is 2.85. The molecule has 0 radical (unpaired) electrons. The van der Waals surface area contributed by atoms with E-state index in [9.17, 15) is 4.79 Å². The number of carbonyl (C=O) groups excluding carboxylic acids is 1. The summed E-state index contributed by atoms with van der Waals surface area (Å²) in [5.74, 6) is 0.886. The summed E-state index contributed by atoms with van der Waals surface area (Å²) >= 11 is 0. The summed E-state index contributed by atoms with van der Waals surface area (Å²) in [4.78, 5) is 11.7. The smallest absolute Gasteiger partial charge is 0.407 e. The predicted molar refractivity (Wildman–Crippen MR) is 90.9 cm³/mol. The van der Waals surface area contributed by atoms with Crippen LogP contribution in [-0.2, 0) is 11.2 Å². The molecule has 1 aliphatic rings. The second kappa shape index (κ2) is 7.21. The van der Waals surface area contributed by atoms with Crippen molar-refractivity contribution in [2.45, 2.75) is 58.2 Å². The molecule has 1 amide bonds. The van der Waals surface area contributed by atoms with Crippen LogP contribution < -0.4 is 15.4 Å². The maximum atomic E-state index is 11.7. The first-order valence-corrected chi connectivity index (χ1v) is 8.18. The van der Waals surface area contributed by atoms with E-state index >= 15 is 0 Å². The zero-order chi connectivity index (χ0) is 17.0. The van der Waals surface area contributed by atoms with E-state index in [-0.39, 0.29) is 12.1 Å². The molecule has 0 heterocycles. The number of amides is 1. The third-order valence-corrected chi connectivity index (χ3v) is 3.87. The maximum absolute atomic E-state index is 11.7. The second-order valence-corrected chi connectivity index (χ2v) is 7.11. The van der Waals surface area contributed by atoms with E-state index in [2.05, 4.69) is 29.7 Å². The summed E-state index contributed by atoms with van der Waals surface area (Å²) in [7, 11) is 1.69. The van der Waals surface area contributed by atoms with Crippen molar-refractivity contribution in [3.63, 3.8) is 0 Å². The number of fused-ring (bicyclic) bond motifs is 1. The Kier molecular flexibility index (Phi) is 5.52. The summed E-state index contributed by atoms with van der Waals surface area (Å²) in [5.41, 5.74) is 2.20. The van der Waals surface area contributed by atoms with Crippen LogP contribution in [0.2, 0.25) is 0 Å². The minimum atomic E-state index is -0.471. The number of hydrogen-bond acceptors (Lipinski definition) is 4. The number of rotatable bonds is 5. The number of hydrogen-bond donors (Lipinski definition) is 2. The molecule has 1 aromatic carbocycles. The first-order valence-electron chi connectivity index (χ1n) is 8.18. The van der Waals surface area contributed by atoms with E-state index in [0.29, 0.717) is 12.6 Å². The Morgan fingerprint density at radius 3 is 2.78 bits per heavy atom. The maximum Gasteiger partial charge on any atom is 0.407 e. The SMILES string of the molecule is COc1ccc2c(c1)C(NC(C)CNC(=O)OC(C)(C)C)CC2. The number of aryl methyl sites for hydroxylation is 1. The van der Waals surface area contributed by atoms with Crippen molar-refractivity contribution in [2.24, 2.45) is 0 Å². The minimum absolute atomic E-state index is 0.157. The monoisotopic (exact) mass is 320 g/mol. The molecule has 2 unspecified atom stereocenters. The van der Waals surface area contributed by atoms with E-state index in [0.717, 1.165) is 18.6 Å². The van der Waals surface area contributed by atoms with Crippen molar-refractivity contribution in [1.29, 1.82) is 0 Å². The Hall–Kier alpha value is -1.75. The molecule has 128 valence electrons. The van der Waals surface area contributed by atoms with E-state index < -0.39 is 5.60 Å². The molecular formula is C18H28N2O3. The summed E-state index contributed by atoms with van der Waals surface area (Å²) in [6, 6.07) is 6.71. The predicted octanol–water partition coefficient (Wildman–Crippen LogP) is 3.19. The number of ether oxygens (including phenoxy) is 2. The minimum Gasteiger partial charge on any atom is -0.497 e. The van der Waals surface area contributed by atoms with E-state index in [1.165, 1.54) is 11.1 Å². The van der Waals surface area contributed by atoms with Crippen LogP contribution in [-0.4, -0.2) is 31.4 Å². The lowest BCUT2D eigenvalue weighted by Gasteiger charge is -2.23. The van der Waals surface area contributed by atoms with E-state index in [1.807, 2.05) is 26.8 Å². The van der Waals surface area contributed by atoms with Crippen LogP contribution in [0.4, 0.5) is 4.79 Å². The lowest BCUT2D eigenvalue weighted by molar-refractivity contribution is 0.0522. The molecule has 1 aromatic rings. The Morgan fingerprint density at radius 2 is 2.13 bits per heavy atom.